The molecule has 16 heavy (non-hydrogen) atoms. The van der Waals surface area contributed by atoms with E-state index in [9.17, 15) is 13.2 Å². The molecular weight excluding hydrogens is 234 g/mol. The van der Waals surface area contributed by atoms with Crippen molar-refractivity contribution in [3.63, 3.8) is 0 Å². The van der Waals surface area contributed by atoms with E-state index in [1.54, 1.807) is 0 Å². The average Bonchev–Trinajstić information content (AvgIpc) is 2.58. The first-order valence-electron chi connectivity index (χ1n) is 4.48. The molecule has 0 saturated heterocycles. The number of sulfonamides is 1. The maximum absolute atomic E-state index is 11.6. The molecule has 0 radical (unpaired) electrons. The fraction of sp³-hybridized carbons (Fsp3) is 0.375. The van der Waals surface area contributed by atoms with Gasteiger partial charge in [0.05, 0.1) is 0 Å². The first-order chi connectivity index (χ1) is 7.38. The molecule has 0 fully saturated rings. The van der Waals surface area contributed by atoms with Gasteiger partial charge in [0.1, 0.15) is 10.6 Å². The van der Waals surface area contributed by atoms with Gasteiger partial charge in [0.2, 0.25) is 10.0 Å². The lowest BCUT2D eigenvalue weighted by Gasteiger charge is -2.01. The number of aromatic carboxylic acids is 1. The fourth-order valence-electron chi connectivity index (χ4n) is 1.17. The second-order valence-electron chi connectivity index (χ2n) is 3.16. The van der Waals surface area contributed by atoms with Crippen LogP contribution in [0.5, 0.6) is 0 Å². The summed E-state index contributed by atoms with van der Waals surface area (Å²) in [5.74, 6) is -1.18. The average molecular weight is 247 g/mol. The van der Waals surface area contributed by atoms with Gasteiger partial charge in [-0.25, -0.2) is 17.9 Å². The summed E-state index contributed by atoms with van der Waals surface area (Å²) >= 11 is 0. The minimum absolute atomic E-state index is 0.0825. The van der Waals surface area contributed by atoms with E-state index in [2.05, 4.69) is 4.72 Å². The first-order valence-corrected chi connectivity index (χ1v) is 5.96. The Morgan fingerprint density at radius 3 is 2.69 bits per heavy atom. The van der Waals surface area contributed by atoms with E-state index in [0.29, 0.717) is 0 Å². The van der Waals surface area contributed by atoms with Crippen LogP contribution < -0.4 is 10.5 Å². The van der Waals surface area contributed by atoms with Gasteiger partial charge in [-0.2, -0.15) is 0 Å². The zero-order valence-corrected chi connectivity index (χ0v) is 9.49. The van der Waals surface area contributed by atoms with Crippen LogP contribution in [-0.2, 0) is 17.1 Å². The largest absolute Gasteiger partial charge is 0.477 e. The van der Waals surface area contributed by atoms with Crippen molar-refractivity contribution in [3.05, 3.63) is 18.0 Å². The van der Waals surface area contributed by atoms with Gasteiger partial charge in [-0.15, -0.1) is 0 Å². The molecule has 7 nitrogen and oxygen atoms in total. The van der Waals surface area contributed by atoms with Crippen LogP contribution in [-0.4, -0.2) is 37.2 Å². The summed E-state index contributed by atoms with van der Waals surface area (Å²) < 4.78 is 26.7. The molecule has 1 aromatic heterocycles. The van der Waals surface area contributed by atoms with Gasteiger partial charge in [0, 0.05) is 26.3 Å². The topological polar surface area (TPSA) is 114 Å². The summed E-state index contributed by atoms with van der Waals surface area (Å²) in [6, 6.07) is 1.10. The van der Waals surface area contributed by atoms with Crippen molar-refractivity contribution in [1.29, 1.82) is 0 Å². The molecule has 0 aliphatic rings. The van der Waals surface area contributed by atoms with Gasteiger partial charge in [-0.1, -0.05) is 0 Å². The van der Waals surface area contributed by atoms with E-state index in [-0.39, 0.29) is 23.7 Å². The Morgan fingerprint density at radius 1 is 1.62 bits per heavy atom. The molecule has 8 heteroatoms. The lowest BCUT2D eigenvalue weighted by atomic mass is 10.4. The molecule has 0 aromatic carbocycles. The summed E-state index contributed by atoms with van der Waals surface area (Å²) in [4.78, 5) is 10.6. The molecule has 4 N–H and O–H groups in total. The van der Waals surface area contributed by atoms with Crippen molar-refractivity contribution < 1.29 is 18.3 Å². The molecule has 0 aliphatic carbocycles. The van der Waals surface area contributed by atoms with Crippen molar-refractivity contribution in [2.45, 2.75) is 4.90 Å². The van der Waals surface area contributed by atoms with Crippen LogP contribution >= 0.6 is 0 Å². The third-order valence-corrected chi connectivity index (χ3v) is 3.37. The predicted molar refractivity (Wildman–Crippen MR) is 56.6 cm³/mol. The molecule has 0 atom stereocenters. The van der Waals surface area contributed by atoms with E-state index in [0.717, 1.165) is 6.07 Å². The Morgan fingerprint density at radius 2 is 2.25 bits per heavy atom. The van der Waals surface area contributed by atoms with E-state index in [1.165, 1.54) is 17.8 Å². The molecular formula is C8H13N3O4S. The van der Waals surface area contributed by atoms with Crippen LogP contribution in [0.4, 0.5) is 0 Å². The van der Waals surface area contributed by atoms with Gasteiger partial charge in [0.15, 0.2) is 0 Å². The number of hydrogen-bond donors (Lipinski definition) is 3. The van der Waals surface area contributed by atoms with Gasteiger partial charge < -0.3 is 15.4 Å². The maximum atomic E-state index is 11.6. The lowest BCUT2D eigenvalue weighted by Crippen LogP contribution is -2.28. The fourth-order valence-corrected chi connectivity index (χ4v) is 2.29. The molecule has 90 valence electrons. The molecule has 0 bridgehead atoms. The number of rotatable bonds is 5. The van der Waals surface area contributed by atoms with Crippen molar-refractivity contribution in [1.82, 2.24) is 9.29 Å². The molecule has 0 unspecified atom stereocenters. The number of carbonyl (C=O) groups is 1. The van der Waals surface area contributed by atoms with Crippen LogP contribution in [0.15, 0.2) is 17.2 Å². The van der Waals surface area contributed by atoms with E-state index in [1.807, 2.05) is 0 Å². The van der Waals surface area contributed by atoms with Crippen LogP contribution in [0.2, 0.25) is 0 Å². The number of aromatic nitrogens is 1. The number of hydrogen-bond acceptors (Lipinski definition) is 4. The van der Waals surface area contributed by atoms with Crippen molar-refractivity contribution in [2.24, 2.45) is 12.8 Å². The zero-order chi connectivity index (χ0) is 12.3. The van der Waals surface area contributed by atoms with Crippen molar-refractivity contribution >= 4 is 16.0 Å². The number of carboxylic acid groups (broad SMARTS) is 1. The number of carboxylic acids is 1. The Kier molecular flexibility index (Phi) is 3.68. The van der Waals surface area contributed by atoms with Gasteiger partial charge >= 0.3 is 5.97 Å². The second-order valence-corrected chi connectivity index (χ2v) is 4.93. The van der Waals surface area contributed by atoms with Crippen molar-refractivity contribution in [3.8, 4) is 0 Å². The number of aryl methyl sites for hydroxylation is 1. The van der Waals surface area contributed by atoms with Gasteiger partial charge in [0.25, 0.3) is 0 Å². The SMILES string of the molecule is Cn1cc(S(=O)(=O)NCCN)cc1C(=O)O. The van der Waals surface area contributed by atoms with E-state index >= 15 is 0 Å². The molecule has 0 saturated carbocycles. The molecule has 1 heterocycles. The third-order valence-electron chi connectivity index (χ3n) is 1.95. The molecule has 1 aromatic rings. The Bertz CT molecular complexity index is 491. The summed E-state index contributed by atoms with van der Waals surface area (Å²) in [5.41, 5.74) is 5.08. The smallest absolute Gasteiger partial charge is 0.352 e. The Balaban J connectivity index is 3.06. The highest BCUT2D eigenvalue weighted by molar-refractivity contribution is 7.89. The Labute approximate surface area is 92.9 Å². The quantitative estimate of drug-likeness (QED) is 0.615. The van der Waals surface area contributed by atoms with Crippen LogP contribution in [0, 0.1) is 0 Å². The highest BCUT2D eigenvalue weighted by atomic mass is 32.2. The standard InChI is InChI=1S/C8H13N3O4S/c1-11-5-6(4-7(11)8(12)13)16(14,15)10-3-2-9/h4-5,10H,2-3,9H2,1H3,(H,12,13). The number of nitrogens with one attached hydrogen (secondary N) is 1. The molecule has 0 spiro atoms. The monoisotopic (exact) mass is 247 g/mol. The van der Waals surface area contributed by atoms with Crippen LogP contribution in [0.25, 0.3) is 0 Å². The molecule has 0 amide bonds. The van der Waals surface area contributed by atoms with Gasteiger partial charge in [-0.3, -0.25) is 0 Å². The lowest BCUT2D eigenvalue weighted by molar-refractivity contribution is 0.0686. The highest BCUT2D eigenvalue weighted by Crippen LogP contribution is 2.12. The van der Waals surface area contributed by atoms with Gasteiger partial charge in [-0.05, 0) is 6.07 Å². The number of nitrogens with zero attached hydrogens (tertiary/aromatic N) is 1. The summed E-state index contributed by atoms with van der Waals surface area (Å²) in [6.45, 7) is 0.289. The molecule has 0 aliphatic heterocycles. The van der Waals surface area contributed by atoms with E-state index in [4.69, 9.17) is 10.8 Å². The minimum Gasteiger partial charge on any atom is -0.477 e. The number of nitrogens with two attached hydrogens (primary N) is 1. The van der Waals surface area contributed by atoms with Crippen LogP contribution in [0.1, 0.15) is 10.5 Å². The van der Waals surface area contributed by atoms with Crippen LogP contribution in [0.3, 0.4) is 0 Å². The van der Waals surface area contributed by atoms with Crippen molar-refractivity contribution in [2.75, 3.05) is 13.1 Å². The maximum Gasteiger partial charge on any atom is 0.352 e. The summed E-state index contributed by atoms with van der Waals surface area (Å²) in [7, 11) is -2.21. The first kappa shape index (κ1) is 12.7. The predicted octanol–water partition coefficient (Wildman–Crippen LogP) is -1.04. The highest BCUT2D eigenvalue weighted by Gasteiger charge is 2.19. The third kappa shape index (κ3) is 2.60. The summed E-state index contributed by atoms with van der Waals surface area (Å²) in [5, 5.41) is 8.76. The summed E-state index contributed by atoms with van der Waals surface area (Å²) in [6.07, 6.45) is 1.24. The van der Waals surface area contributed by atoms with E-state index < -0.39 is 16.0 Å². The normalized spacial score (nSPS) is 11.6. The minimum atomic E-state index is -3.67. The molecule has 1 rings (SSSR count). The Hall–Kier alpha value is -1.38. The second kappa shape index (κ2) is 4.64. The zero-order valence-electron chi connectivity index (χ0n) is 8.67.